The lowest BCUT2D eigenvalue weighted by atomic mass is 9.92. The van der Waals surface area contributed by atoms with Crippen molar-refractivity contribution >= 4 is 11.9 Å². The first-order valence-corrected chi connectivity index (χ1v) is 6.41. The maximum Gasteiger partial charge on any atom is 0.320 e. The standard InChI is InChI=1S/C15H24O4/c1-7-12(6)13(14(16)18-8-10(2)3)15(17)19-9-11(4)5/h12-13H,2,4,7-9H2,1,3,5-6H3. The highest BCUT2D eigenvalue weighted by molar-refractivity contribution is 5.95. The zero-order valence-corrected chi connectivity index (χ0v) is 12.3. The minimum atomic E-state index is -0.885. The molecule has 19 heavy (non-hydrogen) atoms. The summed E-state index contributed by atoms with van der Waals surface area (Å²) < 4.78 is 10.1. The van der Waals surface area contributed by atoms with Crippen molar-refractivity contribution in [3.8, 4) is 0 Å². The van der Waals surface area contributed by atoms with Gasteiger partial charge in [-0.25, -0.2) is 0 Å². The molecule has 0 aromatic heterocycles. The molecular formula is C15H24O4. The van der Waals surface area contributed by atoms with E-state index in [4.69, 9.17) is 9.47 Å². The van der Waals surface area contributed by atoms with Crippen molar-refractivity contribution < 1.29 is 19.1 Å². The van der Waals surface area contributed by atoms with E-state index in [-0.39, 0.29) is 19.1 Å². The molecule has 0 aromatic rings. The van der Waals surface area contributed by atoms with Crippen molar-refractivity contribution in [2.75, 3.05) is 13.2 Å². The summed E-state index contributed by atoms with van der Waals surface area (Å²) in [6.45, 7) is 14.8. The van der Waals surface area contributed by atoms with E-state index in [1.54, 1.807) is 13.8 Å². The Labute approximate surface area is 115 Å². The molecule has 0 N–H and O–H groups in total. The second-order valence-corrected chi connectivity index (χ2v) is 4.99. The quantitative estimate of drug-likeness (QED) is 0.386. The minimum Gasteiger partial charge on any atom is -0.461 e. The Bertz CT molecular complexity index is 327. The minimum absolute atomic E-state index is 0.125. The van der Waals surface area contributed by atoms with Gasteiger partial charge in [-0.2, -0.15) is 0 Å². The molecule has 0 heterocycles. The van der Waals surface area contributed by atoms with E-state index in [2.05, 4.69) is 13.2 Å². The van der Waals surface area contributed by atoms with Gasteiger partial charge in [0.1, 0.15) is 13.2 Å². The topological polar surface area (TPSA) is 52.6 Å². The number of carbonyl (C=O) groups excluding carboxylic acids is 2. The van der Waals surface area contributed by atoms with Crippen LogP contribution in [-0.4, -0.2) is 25.2 Å². The summed E-state index contributed by atoms with van der Waals surface area (Å²) in [4.78, 5) is 23.9. The molecular weight excluding hydrogens is 244 g/mol. The Morgan fingerprint density at radius 1 is 1.00 bits per heavy atom. The molecule has 0 bridgehead atoms. The predicted octanol–water partition coefficient (Wildman–Crippen LogP) is 2.89. The Morgan fingerprint density at radius 2 is 1.37 bits per heavy atom. The lowest BCUT2D eigenvalue weighted by Crippen LogP contribution is -2.33. The van der Waals surface area contributed by atoms with Gasteiger partial charge in [-0.3, -0.25) is 9.59 Å². The molecule has 4 heteroatoms. The van der Waals surface area contributed by atoms with Crippen molar-refractivity contribution in [3.63, 3.8) is 0 Å². The SMILES string of the molecule is C=C(C)COC(=O)C(C(=O)OCC(=C)C)C(C)CC. The maximum absolute atomic E-state index is 11.9. The lowest BCUT2D eigenvalue weighted by Gasteiger charge is -2.20. The number of carbonyl (C=O) groups is 2. The monoisotopic (exact) mass is 268 g/mol. The smallest absolute Gasteiger partial charge is 0.320 e. The molecule has 108 valence electrons. The van der Waals surface area contributed by atoms with E-state index < -0.39 is 17.9 Å². The fourth-order valence-corrected chi connectivity index (χ4v) is 1.36. The van der Waals surface area contributed by atoms with E-state index in [1.807, 2.05) is 13.8 Å². The zero-order valence-electron chi connectivity index (χ0n) is 12.3. The second kappa shape index (κ2) is 8.51. The van der Waals surface area contributed by atoms with Gasteiger partial charge in [0.2, 0.25) is 0 Å². The third kappa shape index (κ3) is 6.79. The van der Waals surface area contributed by atoms with Gasteiger partial charge in [0.05, 0.1) is 0 Å². The van der Waals surface area contributed by atoms with Gasteiger partial charge >= 0.3 is 11.9 Å². The largest absolute Gasteiger partial charge is 0.461 e. The summed E-state index contributed by atoms with van der Waals surface area (Å²) in [5.74, 6) is -2.12. The van der Waals surface area contributed by atoms with E-state index in [9.17, 15) is 9.59 Å². The number of esters is 2. The second-order valence-electron chi connectivity index (χ2n) is 4.99. The number of ether oxygens (including phenoxy) is 2. The summed E-state index contributed by atoms with van der Waals surface area (Å²) in [5.41, 5.74) is 1.46. The third-order valence-corrected chi connectivity index (χ3v) is 2.64. The number of hydrogen-bond acceptors (Lipinski definition) is 4. The average molecular weight is 268 g/mol. The first kappa shape index (κ1) is 17.4. The van der Waals surface area contributed by atoms with Crippen molar-refractivity contribution in [1.29, 1.82) is 0 Å². The lowest BCUT2D eigenvalue weighted by molar-refractivity contribution is -0.163. The van der Waals surface area contributed by atoms with Crippen LogP contribution in [0, 0.1) is 11.8 Å². The van der Waals surface area contributed by atoms with E-state index >= 15 is 0 Å². The molecule has 1 atom stereocenters. The van der Waals surface area contributed by atoms with Gasteiger partial charge in [-0.15, -0.1) is 0 Å². The van der Waals surface area contributed by atoms with E-state index in [0.29, 0.717) is 6.42 Å². The molecule has 0 aliphatic carbocycles. The molecule has 4 nitrogen and oxygen atoms in total. The van der Waals surface area contributed by atoms with Crippen molar-refractivity contribution in [2.24, 2.45) is 11.8 Å². The van der Waals surface area contributed by atoms with Crippen LogP contribution in [0.5, 0.6) is 0 Å². The van der Waals surface area contributed by atoms with Crippen molar-refractivity contribution in [1.82, 2.24) is 0 Å². The average Bonchev–Trinajstić information content (AvgIpc) is 2.33. The van der Waals surface area contributed by atoms with Gasteiger partial charge in [-0.1, -0.05) is 33.4 Å². The molecule has 0 rings (SSSR count). The van der Waals surface area contributed by atoms with Crippen LogP contribution in [0.25, 0.3) is 0 Å². The highest BCUT2D eigenvalue weighted by Gasteiger charge is 2.34. The van der Waals surface area contributed by atoms with Crippen LogP contribution in [0.3, 0.4) is 0 Å². The molecule has 0 amide bonds. The van der Waals surface area contributed by atoms with Gasteiger partial charge in [0, 0.05) is 0 Å². The molecule has 0 aromatic carbocycles. The molecule has 0 fully saturated rings. The molecule has 1 unspecified atom stereocenters. The predicted molar refractivity (Wildman–Crippen MR) is 74.5 cm³/mol. The molecule has 0 saturated heterocycles. The number of rotatable bonds is 8. The van der Waals surface area contributed by atoms with E-state index in [1.165, 1.54) is 0 Å². The van der Waals surface area contributed by atoms with Gasteiger partial charge in [0.25, 0.3) is 0 Å². The summed E-state index contributed by atoms with van der Waals surface area (Å²) >= 11 is 0. The summed E-state index contributed by atoms with van der Waals surface area (Å²) in [7, 11) is 0. The Balaban J connectivity index is 4.70. The molecule has 0 radical (unpaired) electrons. The zero-order chi connectivity index (χ0) is 15.0. The fraction of sp³-hybridized carbons (Fsp3) is 0.600. The van der Waals surface area contributed by atoms with Crippen LogP contribution in [0.4, 0.5) is 0 Å². The fourth-order valence-electron chi connectivity index (χ4n) is 1.36. The first-order valence-electron chi connectivity index (χ1n) is 6.41. The number of hydrogen-bond donors (Lipinski definition) is 0. The molecule has 0 spiro atoms. The molecule has 0 aliphatic rings. The Morgan fingerprint density at radius 3 is 1.63 bits per heavy atom. The van der Waals surface area contributed by atoms with Crippen molar-refractivity contribution in [2.45, 2.75) is 34.1 Å². The van der Waals surface area contributed by atoms with Crippen LogP contribution in [-0.2, 0) is 19.1 Å². The van der Waals surface area contributed by atoms with Gasteiger partial charge in [0.15, 0.2) is 5.92 Å². The normalized spacial score (nSPS) is 11.8. The first-order chi connectivity index (χ1) is 8.79. The molecule has 0 saturated carbocycles. The summed E-state index contributed by atoms with van der Waals surface area (Å²) in [6, 6.07) is 0. The van der Waals surface area contributed by atoms with E-state index in [0.717, 1.165) is 11.1 Å². The molecule has 0 aliphatic heterocycles. The van der Waals surface area contributed by atoms with Crippen LogP contribution < -0.4 is 0 Å². The van der Waals surface area contributed by atoms with Gasteiger partial charge in [-0.05, 0) is 30.9 Å². The van der Waals surface area contributed by atoms with Crippen LogP contribution >= 0.6 is 0 Å². The van der Waals surface area contributed by atoms with Crippen LogP contribution in [0.1, 0.15) is 34.1 Å². The van der Waals surface area contributed by atoms with Gasteiger partial charge < -0.3 is 9.47 Å². The van der Waals surface area contributed by atoms with Crippen LogP contribution in [0.15, 0.2) is 24.3 Å². The Hall–Kier alpha value is -1.58. The highest BCUT2D eigenvalue weighted by Crippen LogP contribution is 2.19. The van der Waals surface area contributed by atoms with Crippen molar-refractivity contribution in [3.05, 3.63) is 24.3 Å². The Kier molecular flexibility index (Phi) is 7.80. The van der Waals surface area contributed by atoms with Crippen LogP contribution in [0.2, 0.25) is 0 Å². The summed E-state index contributed by atoms with van der Waals surface area (Å²) in [5, 5.41) is 0. The summed E-state index contributed by atoms with van der Waals surface area (Å²) in [6.07, 6.45) is 0.689. The maximum atomic E-state index is 11.9. The third-order valence-electron chi connectivity index (χ3n) is 2.64. The highest BCUT2D eigenvalue weighted by atomic mass is 16.6.